The van der Waals surface area contributed by atoms with Crippen LogP contribution < -0.4 is 14.4 Å². The predicted octanol–water partition coefficient (Wildman–Crippen LogP) is 6.27. The Hall–Kier alpha value is -3.54. The highest BCUT2D eigenvalue weighted by Gasteiger charge is 2.59. The molecule has 2 unspecified atom stereocenters. The first-order chi connectivity index (χ1) is 18.8. The lowest BCUT2D eigenvalue weighted by molar-refractivity contribution is -0.274. The second-order valence-electron chi connectivity index (χ2n) is 8.86. The summed E-state index contributed by atoms with van der Waals surface area (Å²) in [6.07, 6.45) is -5.13. The van der Waals surface area contributed by atoms with E-state index in [1.165, 1.54) is 55.3 Å². The van der Waals surface area contributed by atoms with Crippen molar-refractivity contribution in [2.45, 2.75) is 31.5 Å². The second-order valence-corrected chi connectivity index (χ2v) is 9.63. The molecule has 40 heavy (non-hydrogen) atoms. The Kier molecular flexibility index (Phi) is 8.21. The van der Waals surface area contributed by atoms with Crippen molar-refractivity contribution in [1.29, 1.82) is 0 Å². The molecule has 0 spiro atoms. The number of nitrogens with zero attached hydrogens (tertiary/aromatic N) is 2. The highest BCUT2D eigenvalue weighted by molar-refractivity contribution is 6.32. The molecule has 1 aliphatic heterocycles. The Bertz CT molecular complexity index is 1470. The van der Waals surface area contributed by atoms with E-state index in [1.807, 2.05) is 0 Å². The number of benzene rings is 2. The molecule has 0 radical (unpaired) electrons. The monoisotopic (exact) mass is 598 g/mol. The first-order valence-electron chi connectivity index (χ1n) is 11.9. The fraction of sp³-hybridized carbons (Fsp3) is 0.296. The smallest absolute Gasteiger partial charge is 0.422 e. The normalized spacial score (nSPS) is 15.5. The van der Waals surface area contributed by atoms with E-state index in [0.717, 1.165) is 12.1 Å². The minimum absolute atomic E-state index is 0.00683. The van der Waals surface area contributed by atoms with Crippen LogP contribution in [0.25, 0.3) is 0 Å². The van der Waals surface area contributed by atoms with Gasteiger partial charge in [0.1, 0.15) is 16.7 Å². The molecule has 13 heteroatoms. The summed E-state index contributed by atoms with van der Waals surface area (Å²) in [7, 11) is 1.19. The van der Waals surface area contributed by atoms with Crippen molar-refractivity contribution in [3.8, 4) is 17.4 Å². The Labute approximate surface area is 237 Å². The van der Waals surface area contributed by atoms with E-state index in [4.69, 9.17) is 32.7 Å². The molecule has 0 bridgehead atoms. The van der Waals surface area contributed by atoms with Gasteiger partial charge in [0.25, 0.3) is 5.91 Å². The van der Waals surface area contributed by atoms with Crippen molar-refractivity contribution in [2.24, 2.45) is 0 Å². The number of alkyl halides is 3. The van der Waals surface area contributed by atoms with E-state index in [2.05, 4.69) is 9.72 Å². The van der Waals surface area contributed by atoms with Gasteiger partial charge in [0.05, 0.1) is 18.4 Å². The predicted molar refractivity (Wildman–Crippen MR) is 140 cm³/mol. The van der Waals surface area contributed by atoms with E-state index in [1.54, 1.807) is 6.92 Å². The van der Waals surface area contributed by atoms with Gasteiger partial charge in [-0.15, -0.1) is 0 Å². The number of methoxy groups -OCH3 is 1. The van der Waals surface area contributed by atoms with Crippen molar-refractivity contribution in [3.63, 3.8) is 0 Å². The number of esters is 1. The van der Waals surface area contributed by atoms with Crippen molar-refractivity contribution >= 4 is 40.8 Å². The van der Waals surface area contributed by atoms with Crippen molar-refractivity contribution in [1.82, 2.24) is 4.98 Å². The van der Waals surface area contributed by atoms with Crippen LogP contribution in [0.4, 0.5) is 18.9 Å². The molecule has 1 N–H and O–H groups in total. The third-order valence-electron chi connectivity index (χ3n) is 6.61. The molecule has 212 valence electrons. The molecule has 1 amide bonds. The number of aliphatic hydroxyl groups is 1. The molecule has 0 fully saturated rings. The van der Waals surface area contributed by atoms with Gasteiger partial charge in [-0.2, -0.15) is 13.2 Å². The number of rotatable bonds is 7. The van der Waals surface area contributed by atoms with Gasteiger partial charge in [0.15, 0.2) is 12.2 Å². The highest BCUT2D eigenvalue weighted by atomic mass is 35.5. The number of hydrogen-bond acceptors (Lipinski definition) is 7. The lowest BCUT2D eigenvalue weighted by Crippen LogP contribution is -2.47. The number of anilines is 1. The second kappa shape index (κ2) is 11.1. The molecule has 2 aromatic carbocycles. The molecule has 0 saturated heterocycles. The van der Waals surface area contributed by atoms with Gasteiger partial charge >= 0.3 is 12.1 Å². The maximum Gasteiger partial charge on any atom is 0.422 e. The minimum Gasteiger partial charge on any atom is -0.482 e. The van der Waals surface area contributed by atoms with Crippen LogP contribution in [0.5, 0.6) is 17.4 Å². The number of hydrogen-bond donors (Lipinski definition) is 1. The molecule has 8 nitrogen and oxygen atoms in total. The van der Waals surface area contributed by atoms with Gasteiger partial charge in [-0.3, -0.25) is 4.79 Å². The lowest BCUT2D eigenvalue weighted by atomic mass is 9.77. The number of aromatic nitrogens is 1. The van der Waals surface area contributed by atoms with Gasteiger partial charge in [-0.05, 0) is 48.4 Å². The number of amides is 1. The van der Waals surface area contributed by atoms with Crippen molar-refractivity contribution < 1.29 is 42.1 Å². The Morgan fingerprint density at radius 1 is 1.18 bits per heavy atom. The summed E-state index contributed by atoms with van der Waals surface area (Å²) in [5.74, 6) is -2.35. The Morgan fingerprint density at radius 3 is 2.50 bits per heavy atom. The summed E-state index contributed by atoms with van der Waals surface area (Å²) >= 11 is 12.4. The zero-order valence-corrected chi connectivity index (χ0v) is 22.9. The van der Waals surface area contributed by atoms with Crippen molar-refractivity contribution in [3.05, 3.63) is 75.4 Å². The van der Waals surface area contributed by atoms with Gasteiger partial charge in [0, 0.05) is 23.6 Å². The maximum atomic E-state index is 14.6. The topological polar surface area (TPSA) is 98.2 Å². The Balaban J connectivity index is 1.68. The van der Waals surface area contributed by atoms with E-state index in [-0.39, 0.29) is 57.5 Å². The van der Waals surface area contributed by atoms with Crippen LogP contribution in [0.1, 0.15) is 41.3 Å². The molecule has 1 aromatic heterocycles. The first kappa shape index (κ1) is 29.4. The summed E-state index contributed by atoms with van der Waals surface area (Å²) in [5.41, 5.74) is -3.73. The SMILES string of the molecule is CCN1C(=O)COc2ccc(C(O)(C(C)c3ccc(Oc4ccc(C(=O)OC)c(Cl)n4)cc3Cl)C(F)(F)F)cc21. The van der Waals surface area contributed by atoms with Crippen LogP contribution in [0.15, 0.2) is 48.5 Å². The molecule has 0 aliphatic carbocycles. The average molecular weight is 599 g/mol. The van der Waals surface area contributed by atoms with E-state index in [0.29, 0.717) is 0 Å². The third kappa shape index (κ3) is 5.28. The number of likely N-dealkylation sites (N-methyl/N-ethyl adjacent to an activating group) is 1. The van der Waals surface area contributed by atoms with E-state index < -0.39 is 35.1 Å². The van der Waals surface area contributed by atoms with Crippen LogP contribution in [-0.2, 0) is 15.1 Å². The summed E-state index contributed by atoms with van der Waals surface area (Å²) in [4.78, 5) is 29.2. The Morgan fingerprint density at radius 2 is 1.90 bits per heavy atom. The number of pyridine rings is 1. The molecular formula is C27H23Cl2F3N2O6. The molecule has 0 saturated carbocycles. The van der Waals surface area contributed by atoms with Crippen LogP contribution in [0.2, 0.25) is 10.2 Å². The molecule has 1 aliphatic rings. The van der Waals surface area contributed by atoms with Crippen LogP contribution in [0, 0.1) is 0 Å². The highest BCUT2D eigenvalue weighted by Crippen LogP contribution is 2.51. The number of carbonyl (C=O) groups excluding carboxylic acids is 2. The number of ether oxygens (including phenoxy) is 3. The maximum absolute atomic E-state index is 14.6. The lowest BCUT2D eigenvalue weighted by Gasteiger charge is -2.38. The fourth-order valence-corrected chi connectivity index (χ4v) is 5.01. The van der Waals surface area contributed by atoms with E-state index >= 15 is 0 Å². The van der Waals surface area contributed by atoms with Crippen LogP contribution in [-0.4, -0.2) is 48.4 Å². The molecule has 2 heterocycles. The van der Waals surface area contributed by atoms with Crippen molar-refractivity contribution in [2.75, 3.05) is 25.2 Å². The minimum atomic E-state index is -5.13. The van der Waals surface area contributed by atoms with Gasteiger partial charge in [0.2, 0.25) is 5.88 Å². The summed E-state index contributed by atoms with van der Waals surface area (Å²) in [6, 6.07) is 10.1. The molecular weight excluding hydrogens is 576 g/mol. The zero-order chi connectivity index (χ0) is 29.4. The quantitative estimate of drug-likeness (QED) is 0.253. The van der Waals surface area contributed by atoms with Gasteiger partial charge < -0.3 is 24.2 Å². The summed E-state index contributed by atoms with van der Waals surface area (Å²) in [6.45, 7) is 2.85. The largest absolute Gasteiger partial charge is 0.482 e. The molecule has 3 aromatic rings. The van der Waals surface area contributed by atoms with E-state index in [9.17, 15) is 27.9 Å². The average Bonchev–Trinajstić information content (AvgIpc) is 2.91. The first-order valence-corrected chi connectivity index (χ1v) is 12.7. The number of carbonyl (C=O) groups is 2. The van der Waals surface area contributed by atoms with Gasteiger partial charge in [-0.25, -0.2) is 9.78 Å². The standard InChI is InChI=1S/C27H23Cl2F3N2O6/c1-4-34-20-11-15(5-9-21(20)39-13-23(34)35)26(37,27(30,31)32)14(2)17-7-6-16(12-19(17)28)40-22-10-8-18(24(29)33-22)25(36)38-3/h5-12,14,37H,4,13H2,1-3H3. The fourth-order valence-electron chi connectivity index (χ4n) is 4.45. The third-order valence-corrected chi connectivity index (χ3v) is 7.22. The molecule has 2 atom stereocenters. The van der Waals surface area contributed by atoms with Crippen LogP contribution >= 0.6 is 23.2 Å². The molecule has 4 rings (SSSR count). The summed E-state index contributed by atoms with van der Waals surface area (Å²) in [5, 5.41) is 11.0. The van der Waals surface area contributed by atoms with Crippen LogP contribution in [0.3, 0.4) is 0 Å². The summed E-state index contributed by atoms with van der Waals surface area (Å²) < 4.78 is 59.3. The number of fused-ring (bicyclic) bond motifs is 1. The van der Waals surface area contributed by atoms with Gasteiger partial charge in [-0.1, -0.05) is 42.3 Å². The zero-order valence-electron chi connectivity index (χ0n) is 21.4. The number of halogens is 5.